The molecule has 2 nitrogen and oxygen atoms in total. The third kappa shape index (κ3) is 1.52. The third-order valence-corrected chi connectivity index (χ3v) is 4.53. The van der Waals surface area contributed by atoms with Gasteiger partial charge < -0.3 is 5.11 Å². The predicted octanol–water partition coefficient (Wildman–Crippen LogP) is 3.15. The van der Waals surface area contributed by atoms with Crippen LogP contribution in [0.4, 0.5) is 0 Å². The molecule has 0 bridgehead atoms. The first-order valence-corrected chi connectivity index (χ1v) is 7.22. The van der Waals surface area contributed by atoms with Crippen molar-refractivity contribution in [3.8, 4) is 0 Å². The molecule has 100 valence electrons. The average molecular weight is 263 g/mol. The normalized spacial score (nSPS) is 27.6. The second-order valence-corrected chi connectivity index (χ2v) is 5.69. The molecule has 0 radical (unpaired) electrons. The van der Waals surface area contributed by atoms with Crippen LogP contribution in [0, 0.1) is 0 Å². The van der Waals surface area contributed by atoms with Crippen LogP contribution in [0.1, 0.15) is 35.4 Å². The molecule has 0 saturated carbocycles. The average Bonchev–Trinajstić information content (AvgIpc) is 2.76. The second-order valence-electron chi connectivity index (χ2n) is 5.69. The van der Waals surface area contributed by atoms with E-state index in [1.54, 1.807) is 0 Å². The Balaban J connectivity index is 1.97. The van der Waals surface area contributed by atoms with Gasteiger partial charge in [-0.05, 0) is 24.0 Å². The summed E-state index contributed by atoms with van der Waals surface area (Å²) in [4.78, 5) is 4.65. The van der Waals surface area contributed by atoms with Crippen molar-refractivity contribution >= 4 is 5.71 Å². The highest BCUT2D eigenvalue weighted by Crippen LogP contribution is 2.48. The Morgan fingerprint density at radius 1 is 1.00 bits per heavy atom. The van der Waals surface area contributed by atoms with Crippen LogP contribution in [0.2, 0.25) is 0 Å². The van der Waals surface area contributed by atoms with Crippen LogP contribution in [-0.4, -0.2) is 23.0 Å². The summed E-state index contributed by atoms with van der Waals surface area (Å²) < 4.78 is 0. The number of nitrogens with zero attached hydrogens (tertiary/aromatic N) is 1. The lowest BCUT2D eigenvalue weighted by Crippen LogP contribution is -2.42. The Hall–Kier alpha value is -1.93. The fourth-order valence-electron chi connectivity index (χ4n) is 3.72. The van der Waals surface area contributed by atoms with Gasteiger partial charge in [0.05, 0.1) is 5.71 Å². The molecule has 0 amide bonds. The molecule has 0 fully saturated rings. The molecule has 0 aromatic heterocycles. The van der Waals surface area contributed by atoms with Crippen LogP contribution < -0.4 is 0 Å². The van der Waals surface area contributed by atoms with Crippen molar-refractivity contribution in [2.24, 2.45) is 4.99 Å². The second kappa shape index (κ2) is 4.29. The molecule has 1 N–H and O–H groups in total. The fourth-order valence-corrected chi connectivity index (χ4v) is 3.72. The van der Waals surface area contributed by atoms with E-state index in [9.17, 15) is 5.11 Å². The molecule has 2 aromatic carbocycles. The van der Waals surface area contributed by atoms with Crippen LogP contribution in [-0.2, 0) is 0 Å². The van der Waals surface area contributed by atoms with Crippen LogP contribution in [0.15, 0.2) is 59.6 Å². The van der Waals surface area contributed by atoms with Gasteiger partial charge >= 0.3 is 0 Å². The summed E-state index contributed by atoms with van der Waals surface area (Å²) >= 11 is 0. The minimum absolute atomic E-state index is 0.0129. The SMILES string of the molecule is O[C@]12CCCN=C1c1ccccc1[C@@H]2c1ccccc1. The van der Waals surface area contributed by atoms with Gasteiger partial charge in [-0.25, -0.2) is 0 Å². The van der Waals surface area contributed by atoms with Crippen LogP contribution in [0.3, 0.4) is 0 Å². The summed E-state index contributed by atoms with van der Waals surface area (Å²) in [6.07, 6.45) is 1.75. The van der Waals surface area contributed by atoms with E-state index in [1.807, 2.05) is 24.3 Å². The summed E-state index contributed by atoms with van der Waals surface area (Å²) in [5, 5.41) is 11.3. The van der Waals surface area contributed by atoms with Gasteiger partial charge in [0, 0.05) is 18.0 Å². The largest absolute Gasteiger partial charge is 0.383 e. The molecule has 1 aliphatic carbocycles. The molecule has 0 saturated heterocycles. The van der Waals surface area contributed by atoms with E-state index in [-0.39, 0.29) is 5.92 Å². The maximum atomic E-state index is 11.3. The highest BCUT2D eigenvalue weighted by Gasteiger charge is 2.51. The van der Waals surface area contributed by atoms with Gasteiger partial charge in [0.1, 0.15) is 5.60 Å². The van der Waals surface area contributed by atoms with Crippen LogP contribution in [0.25, 0.3) is 0 Å². The van der Waals surface area contributed by atoms with Crippen molar-refractivity contribution in [2.75, 3.05) is 6.54 Å². The Morgan fingerprint density at radius 2 is 1.75 bits per heavy atom. The van der Waals surface area contributed by atoms with E-state index in [0.717, 1.165) is 30.7 Å². The van der Waals surface area contributed by atoms with Gasteiger partial charge in [0.2, 0.25) is 0 Å². The highest BCUT2D eigenvalue weighted by atomic mass is 16.3. The fraction of sp³-hybridized carbons (Fsp3) is 0.278. The maximum absolute atomic E-state index is 11.3. The zero-order valence-corrected chi connectivity index (χ0v) is 11.3. The Kier molecular flexibility index (Phi) is 2.54. The van der Waals surface area contributed by atoms with Crippen molar-refractivity contribution in [1.82, 2.24) is 0 Å². The highest BCUT2D eigenvalue weighted by molar-refractivity contribution is 6.12. The number of aliphatic imine (C=N–C) groups is 1. The summed E-state index contributed by atoms with van der Waals surface area (Å²) in [6, 6.07) is 18.6. The van der Waals surface area contributed by atoms with E-state index in [2.05, 4.69) is 35.3 Å². The van der Waals surface area contributed by atoms with Gasteiger partial charge in [0.25, 0.3) is 0 Å². The van der Waals surface area contributed by atoms with E-state index >= 15 is 0 Å². The lowest BCUT2D eigenvalue weighted by Gasteiger charge is -2.33. The van der Waals surface area contributed by atoms with Gasteiger partial charge in [-0.1, -0.05) is 54.6 Å². The number of rotatable bonds is 1. The van der Waals surface area contributed by atoms with E-state index in [1.165, 1.54) is 11.1 Å². The minimum Gasteiger partial charge on any atom is -0.383 e. The van der Waals surface area contributed by atoms with E-state index in [4.69, 9.17) is 0 Å². The molecule has 1 aliphatic heterocycles. The van der Waals surface area contributed by atoms with Gasteiger partial charge in [-0.3, -0.25) is 4.99 Å². The van der Waals surface area contributed by atoms with Crippen molar-refractivity contribution in [3.63, 3.8) is 0 Å². The van der Waals surface area contributed by atoms with Gasteiger partial charge in [-0.2, -0.15) is 0 Å². The number of aliphatic hydroxyl groups is 1. The van der Waals surface area contributed by atoms with Crippen LogP contribution >= 0.6 is 0 Å². The van der Waals surface area contributed by atoms with Crippen molar-refractivity contribution < 1.29 is 5.11 Å². The van der Waals surface area contributed by atoms with E-state index < -0.39 is 5.60 Å². The molecule has 0 spiro atoms. The molecular weight excluding hydrogens is 246 g/mol. The standard InChI is InChI=1S/C18H17NO/c20-18-11-6-12-19-17(18)15-10-5-4-9-14(15)16(18)13-7-2-1-3-8-13/h1-5,7-10,16,20H,6,11-12H2/t16-,18-/m0/s1. The summed E-state index contributed by atoms with van der Waals surface area (Å²) in [7, 11) is 0. The number of benzene rings is 2. The molecule has 0 unspecified atom stereocenters. The Labute approximate surface area is 118 Å². The lowest BCUT2D eigenvalue weighted by molar-refractivity contribution is 0.0848. The summed E-state index contributed by atoms with van der Waals surface area (Å²) in [6.45, 7) is 0.827. The zero-order chi connectivity index (χ0) is 13.6. The number of fused-ring (bicyclic) bond motifs is 3. The van der Waals surface area contributed by atoms with E-state index in [0.29, 0.717) is 0 Å². The topological polar surface area (TPSA) is 32.6 Å². The Morgan fingerprint density at radius 3 is 2.60 bits per heavy atom. The first-order chi connectivity index (χ1) is 9.81. The smallest absolute Gasteiger partial charge is 0.118 e. The van der Waals surface area contributed by atoms with Gasteiger partial charge in [-0.15, -0.1) is 0 Å². The van der Waals surface area contributed by atoms with Crippen molar-refractivity contribution in [3.05, 3.63) is 71.3 Å². The quantitative estimate of drug-likeness (QED) is 0.842. The zero-order valence-electron chi connectivity index (χ0n) is 11.3. The number of hydrogen-bond acceptors (Lipinski definition) is 2. The molecule has 2 heteroatoms. The minimum atomic E-state index is -0.830. The Bertz CT molecular complexity index is 677. The predicted molar refractivity (Wildman–Crippen MR) is 80.3 cm³/mol. The molecule has 20 heavy (non-hydrogen) atoms. The van der Waals surface area contributed by atoms with Crippen LogP contribution in [0.5, 0.6) is 0 Å². The van der Waals surface area contributed by atoms with Gasteiger partial charge in [0.15, 0.2) is 0 Å². The summed E-state index contributed by atoms with van der Waals surface area (Å²) in [5.41, 5.74) is 3.58. The maximum Gasteiger partial charge on any atom is 0.118 e. The molecule has 2 aliphatic rings. The van der Waals surface area contributed by atoms with Crippen molar-refractivity contribution in [1.29, 1.82) is 0 Å². The third-order valence-electron chi connectivity index (χ3n) is 4.53. The number of hydrogen-bond donors (Lipinski definition) is 1. The molecule has 2 aromatic rings. The molecule has 2 atom stereocenters. The summed E-state index contributed by atoms with van der Waals surface area (Å²) in [5.74, 6) is 0.0129. The molecule has 1 heterocycles. The monoisotopic (exact) mass is 263 g/mol. The first kappa shape index (κ1) is 11.9. The molecule has 4 rings (SSSR count). The lowest BCUT2D eigenvalue weighted by atomic mass is 9.78. The van der Waals surface area contributed by atoms with Crippen molar-refractivity contribution in [2.45, 2.75) is 24.4 Å². The first-order valence-electron chi connectivity index (χ1n) is 7.22. The molecular formula is C18H17NO.